The van der Waals surface area contributed by atoms with Gasteiger partial charge in [-0.15, -0.1) is 12.4 Å². The average Bonchev–Trinajstić information content (AvgIpc) is 2.46. The first-order chi connectivity index (χ1) is 9.66. The number of amides is 1. The fourth-order valence-electron chi connectivity index (χ4n) is 2.75. The molecule has 0 saturated carbocycles. The minimum Gasteiger partial charge on any atom is -0.333 e. The van der Waals surface area contributed by atoms with Crippen LogP contribution in [0, 0.1) is 0 Å². The molecule has 3 nitrogen and oxygen atoms in total. The van der Waals surface area contributed by atoms with E-state index in [0.717, 1.165) is 40.4 Å². The molecule has 2 aromatic rings. The van der Waals surface area contributed by atoms with Gasteiger partial charge in [0.1, 0.15) is 0 Å². The summed E-state index contributed by atoms with van der Waals surface area (Å²) in [7, 11) is 0. The lowest BCUT2D eigenvalue weighted by Crippen LogP contribution is -2.52. The zero-order chi connectivity index (χ0) is 14.1. The molecule has 5 heteroatoms. The molecule has 21 heavy (non-hydrogen) atoms. The molecule has 1 saturated heterocycles. The van der Waals surface area contributed by atoms with Crippen molar-refractivity contribution in [2.75, 3.05) is 19.6 Å². The van der Waals surface area contributed by atoms with Gasteiger partial charge in [0, 0.05) is 35.7 Å². The minimum absolute atomic E-state index is 0. The molecule has 2 aromatic carbocycles. The SMILES string of the molecule is C[C@@H]1CNCCN1C(=O)c1cc(Br)cc2ccccc12.Cl. The molecule has 0 bridgehead atoms. The number of benzene rings is 2. The van der Waals surface area contributed by atoms with Gasteiger partial charge in [0.2, 0.25) is 0 Å². The fourth-order valence-corrected chi connectivity index (χ4v) is 3.22. The molecule has 112 valence electrons. The highest BCUT2D eigenvalue weighted by Crippen LogP contribution is 2.26. The second-order valence-electron chi connectivity index (χ2n) is 5.23. The van der Waals surface area contributed by atoms with Gasteiger partial charge in [0.25, 0.3) is 5.91 Å². The number of nitrogens with zero attached hydrogens (tertiary/aromatic N) is 1. The Hall–Kier alpha value is -1.10. The molecule has 1 atom stereocenters. The Bertz CT molecular complexity index is 662. The van der Waals surface area contributed by atoms with Crippen molar-refractivity contribution in [3.05, 3.63) is 46.4 Å². The number of halogens is 2. The first kappa shape index (κ1) is 16.3. The standard InChI is InChI=1S/C16H17BrN2O.ClH/c1-11-10-18-6-7-19(11)16(20)15-9-13(17)8-12-4-2-3-5-14(12)15;/h2-5,8-9,11,18H,6-7,10H2,1H3;1H/t11-;/m1./s1. The van der Waals surface area contributed by atoms with E-state index in [1.807, 2.05) is 41.3 Å². The monoisotopic (exact) mass is 368 g/mol. The van der Waals surface area contributed by atoms with Gasteiger partial charge in [-0.3, -0.25) is 4.79 Å². The van der Waals surface area contributed by atoms with Crippen molar-refractivity contribution in [1.82, 2.24) is 10.2 Å². The summed E-state index contributed by atoms with van der Waals surface area (Å²) in [6.45, 7) is 4.57. The van der Waals surface area contributed by atoms with E-state index in [-0.39, 0.29) is 24.4 Å². The van der Waals surface area contributed by atoms with Crippen LogP contribution in [0.3, 0.4) is 0 Å². The highest BCUT2D eigenvalue weighted by Gasteiger charge is 2.25. The van der Waals surface area contributed by atoms with E-state index in [1.165, 1.54) is 0 Å². The summed E-state index contributed by atoms with van der Waals surface area (Å²) in [5, 5.41) is 5.43. The predicted octanol–water partition coefficient (Wildman–Crippen LogP) is 3.46. The molecule has 1 fully saturated rings. The van der Waals surface area contributed by atoms with Crippen LogP contribution in [0.1, 0.15) is 17.3 Å². The number of carbonyl (C=O) groups is 1. The molecule has 1 heterocycles. The number of piperazine rings is 1. The van der Waals surface area contributed by atoms with E-state index < -0.39 is 0 Å². The average molecular weight is 370 g/mol. The lowest BCUT2D eigenvalue weighted by Gasteiger charge is -2.34. The highest BCUT2D eigenvalue weighted by atomic mass is 79.9. The molecular formula is C16H18BrClN2O. The summed E-state index contributed by atoms with van der Waals surface area (Å²) in [5.74, 6) is 0.122. The number of carbonyl (C=O) groups excluding carboxylic acids is 1. The maximum atomic E-state index is 12.9. The molecule has 1 amide bonds. The largest absolute Gasteiger partial charge is 0.333 e. The van der Waals surface area contributed by atoms with Crippen LogP contribution in [0.15, 0.2) is 40.9 Å². The smallest absolute Gasteiger partial charge is 0.254 e. The van der Waals surface area contributed by atoms with Gasteiger partial charge in [0.05, 0.1) is 0 Å². The van der Waals surface area contributed by atoms with Crippen molar-refractivity contribution >= 4 is 45.0 Å². The number of hydrogen-bond acceptors (Lipinski definition) is 2. The second kappa shape index (κ2) is 6.77. The Kier molecular flexibility index (Phi) is 5.25. The van der Waals surface area contributed by atoms with Gasteiger partial charge in [-0.1, -0.05) is 40.2 Å². The maximum absolute atomic E-state index is 12.9. The molecule has 3 rings (SSSR count). The number of rotatable bonds is 1. The quantitative estimate of drug-likeness (QED) is 0.835. The summed E-state index contributed by atoms with van der Waals surface area (Å²) in [5.41, 5.74) is 0.781. The minimum atomic E-state index is 0. The Morgan fingerprint density at radius 1 is 1.33 bits per heavy atom. The third kappa shape index (κ3) is 3.23. The summed E-state index contributed by atoms with van der Waals surface area (Å²) >= 11 is 3.51. The number of hydrogen-bond donors (Lipinski definition) is 1. The zero-order valence-corrected chi connectivity index (χ0v) is 14.2. The van der Waals surface area contributed by atoms with Gasteiger partial charge in [0.15, 0.2) is 0 Å². The zero-order valence-electron chi connectivity index (χ0n) is 11.8. The summed E-state index contributed by atoms with van der Waals surface area (Å²) in [4.78, 5) is 14.8. The van der Waals surface area contributed by atoms with Gasteiger partial charge in [-0.2, -0.15) is 0 Å². The Morgan fingerprint density at radius 3 is 2.86 bits per heavy atom. The van der Waals surface area contributed by atoms with Crippen LogP contribution in [0.5, 0.6) is 0 Å². The molecule has 0 radical (unpaired) electrons. The molecular weight excluding hydrogens is 352 g/mol. The molecule has 0 aliphatic carbocycles. The maximum Gasteiger partial charge on any atom is 0.254 e. The topological polar surface area (TPSA) is 32.3 Å². The first-order valence-corrected chi connectivity index (χ1v) is 7.66. The van der Waals surface area contributed by atoms with E-state index in [4.69, 9.17) is 0 Å². The van der Waals surface area contributed by atoms with Crippen molar-refractivity contribution in [3.8, 4) is 0 Å². The van der Waals surface area contributed by atoms with Crippen LogP contribution in [-0.2, 0) is 0 Å². The van der Waals surface area contributed by atoms with Crippen molar-refractivity contribution in [1.29, 1.82) is 0 Å². The van der Waals surface area contributed by atoms with Gasteiger partial charge >= 0.3 is 0 Å². The van der Waals surface area contributed by atoms with E-state index >= 15 is 0 Å². The normalized spacial score (nSPS) is 18.4. The van der Waals surface area contributed by atoms with Crippen LogP contribution in [0.25, 0.3) is 10.8 Å². The van der Waals surface area contributed by atoms with Crippen molar-refractivity contribution < 1.29 is 4.79 Å². The lowest BCUT2D eigenvalue weighted by atomic mass is 10.0. The third-order valence-electron chi connectivity index (χ3n) is 3.82. The van der Waals surface area contributed by atoms with Crippen molar-refractivity contribution in [3.63, 3.8) is 0 Å². The van der Waals surface area contributed by atoms with Crippen LogP contribution < -0.4 is 5.32 Å². The first-order valence-electron chi connectivity index (χ1n) is 6.87. The summed E-state index contributed by atoms with van der Waals surface area (Å²) in [6.07, 6.45) is 0. The number of nitrogens with one attached hydrogen (secondary N) is 1. The van der Waals surface area contributed by atoms with Gasteiger partial charge in [-0.05, 0) is 29.8 Å². The lowest BCUT2D eigenvalue weighted by molar-refractivity contribution is 0.0658. The molecule has 1 aliphatic rings. The highest BCUT2D eigenvalue weighted by molar-refractivity contribution is 9.10. The van der Waals surface area contributed by atoms with E-state index in [1.54, 1.807) is 0 Å². The van der Waals surface area contributed by atoms with Crippen LogP contribution in [0.2, 0.25) is 0 Å². The van der Waals surface area contributed by atoms with Gasteiger partial charge in [-0.25, -0.2) is 0 Å². The fraction of sp³-hybridized carbons (Fsp3) is 0.312. The Labute approximate surface area is 139 Å². The summed E-state index contributed by atoms with van der Waals surface area (Å²) in [6, 6.07) is 12.2. The van der Waals surface area contributed by atoms with E-state index in [0.29, 0.717) is 0 Å². The second-order valence-corrected chi connectivity index (χ2v) is 6.14. The van der Waals surface area contributed by atoms with Crippen LogP contribution in [-0.4, -0.2) is 36.5 Å². The van der Waals surface area contributed by atoms with Crippen molar-refractivity contribution in [2.24, 2.45) is 0 Å². The van der Waals surface area contributed by atoms with Crippen molar-refractivity contribution in [2.45, 2.75) is 13.0 Å². The molecule has 1 aliphatic heterocycles. The molecule has 1 N–H and O–H groups in total. The van der Waals surface area contributed by atoms with Gasteiger partial charge < -0.3 is 10.2 Å². The molecule has 0 spiro atoms. The Balaban J connectivity index is 0.00000161. The summed E-state index contributed by atoms with van der Waals surface area (Å²) < 4.78 is 0.947. The molecule has 0 aromatic heterocycles. The predicted molar refractivity (Wildman–Crippen MR) is 92.3 cm³/mol. The van der Waals surface area contributed by atoms with Crippen LogP contribution >= 0.6 is 28.3 Å². The van der Waals surface area contributed by atoms with Crippen LogP contribution in [0.4, 0.5) is 0 Å². The Morgan fingerprint density at radius 2 is 2.10 bits per heavy atom. The third-order valence-corrected chi connectivity index (χ3v) is 4.28. The van der Waals surface area contributed by atoms with E-state index in [9.17, 15) is 4.79 Å². The molecule has 0 unspecified atom stereocenters. The number of fused-ring (bicyclic) bond motifs is 1. The van der Waals surface area contributed by atoms with E-state index in [2.05, 4.69) is 28.2 Å².